The SMILES string of the molecule is C[C@H](NC(=O)OCc1ccccc1)C(=O)NC(CC(=O)OC(C)(C)C)C(=O)Cn1nnc(-c2ccccc2)n1. The highest BCUT2D eigenvalue weighted by atomic mass is 16.6. The van der Waals surface area contributed by atoms with Crippen molar-refractivity contribution in [2.75, 3.05) is 0 Å². The van der Waals surface area contributed by atoms with E-state index in [4.69, 9.17) is 9.47 Å². The van der Waals surface area contributed by atoms with Crippen LogP contribution in [0.2, 0.25) is 0 Å². The number of Topliss-reactive ketones (excluding diaryl/α,β-unsaturated/α-hetero) is 1. The second-order valence-corrected chi connectivity index (χ2v) is 9.76. The average Bonchev–Trinajstić information content (AvgIpc) is 3.35. The van der Waals surface area contributed by atoms with E-state index < -0.39 is 47.9 Å². The van der Waals surface area contributed by atoms with Crippen molar-refractivity contribution in [1.82, 2.24) is 30.8 Å². The van der Waals surface area contributed by atoms with Gasteiger partial charge in [0.15, 0.2) is 5.78 Å². The molecule has 0 saturated heterocycles. The Labute approximate surface area is 226 Å². The molecule has 1 heterocycles. The number of hydrogen-bond acceptors (Lipinski definition) is 9. The first-order chi connectivity index (χ1) is 18.5. The number of carbonyl (C=O) groups excluding carboxylic acids is 4. The van der Waals surface area contributed by atoms with Crippen molar-refractivity contribution in [3.63, 3.8) is 0 Å². The Bertz CT molecular complexity index is 1270. The van der Waals surface area contributed by atoms with E-state index in [1.54, 1.807) is 45.0 Å². The molecule has 0 bridgehead atoms. The number of alkyl carbamates (subject to hydrolysis) is 1. The van der Waals surface area contributed by atoms with E-state index in [1.807, 2.05) is 36.4 Å². The van der Waals surface area contributed by atoms with Crippen molar-refractivity contribution < 1.29 is 28.7 Å². The minimum Gasteiger partial charge on any atom is -0.460 e. The number of nitrogens with zero attached hydrogens (tertiary/aromatic N) is 4. The van der Waals surface area contributed by atoms with Crippen molar-refractivity contribution in [1.29, 1.82) is 0 Å². The van der Waals surface area contributed by atoms with Crippen LogP contribution in [0, 0.1) is 0 Å². The molecule has 3 aromatic rings. The quantitative estimate of drug-likeness (QED) is 0.352. The molecule has 12 nitrogen and oxygen atoms in total. The van der Waals surface area contributed by atoms with Gasteiger partial charge in [-0.15, -0.1) is 10.2 Å². The number of esters is 1. The molecule has 1 aromatic heterocycles. The molecule has 0 fully saturated rings. The van der Waals surface area contributed by atoms with Gasteiger partial charge in [-0.1, -0.05) is 60.7 Å². The van der Waals surface area contributed by atoms with Crippen molar-refractivity contribution in [2.24, 2.45) is 0 Å². The second kappa shape index (κ2) is 13.3. The summed E-state index contributed by atoms with van der Waals surface area (Å²) in [5.74, 6) is -1.60. The van der Waals surface area contributed by atoms with Gasteiger partial charge in [0, 0.05) is 5.56 Å². The molecule has 0 spiro atoms. The predicted octanol–water partition coefficient (Wildman–Crippen LogP) is 2.44. The fourth-order valence-corrected chi connectivity index (χ4v) is 3.36. The number of carbonyl (C=O) groups is 4. The van der Waals surface area contributed by atoms with Gasteiger partial charge in [-0.05, 0) is 38.5 Å². The summed E-state index contributed by atoms with van der Waals surface area (Å²) < 4.78 is 10.5. The molecule has 0 radical (unpaired) electrons. The van der Waals surface area contributed by atoms with Gasteiger partial charge in [0.2, 0.25) is 11.7 Å². The average molecular weight is 537 g/mol. The first-order valence-corrected chi connectivity index (χ1v) is 12.4. The molecule has 12 heteroatoms. The summed E-state index contributed by atoms with van der Waals surface area (Å²) in [5, 5.41) is 17.0. The number of ether oxygens (including phenoxy) is 2. The molecule has 2 aromatic carbocycles. The number of ketones is 1. The van der Waals surface area contributed by atoms with Crippen molar-refractivity contribution in [3.05, 3.63) is 66.2 Å². The number of hydrogen-bond donors (Lipinski definition) is 2. The molecule has 0 saturated carbocycles. The van der Waals surface area contributed by atoms with Gasteiger partial charge in [0.1, 0.15) is 30.8 Å². The third-order valence-electron chi connectivity index (χ3n) is 5.22. The molecular weight excluding hydrogens is 504 g/mol. The van der Waals surface area contributed by atoms with Gasteiger partial charge in [-0.3, -0.25) is 14.4 Å². The number of benzene rings is 2. The number of tetrazole rings is 1. The van der Waals surface area contributed by atoms with E-state index in [0.29, 0.717) is 11.4 Å². The molecule has 39 heavy (non-hydrogen) atoms. The van der Waals surface area contributed by atoms with Crippen LogP contribution in [-0.4, -0.2) is 61.6 Å². The van der Waals surface area contributed by atoms with E-state index in [9.17, 15) is 19.2 Å². The zero-order valence-corrected chi connectivity index (χ0v) is 22.3. The summed E-state index contributed by atoms with van der Waals surface area (Å²) >= 11 is 0. The van der Waals surface area contributed by atoms with Gasteiger partial charge in [-0.25, -0.2) is 4.79 Å². The zero-order chi connectivity index (χ0) is 28.4. The zero-order valence-electron chi connectivity index (χ0n) is 22.3. The largest absolute Gasteiger partial charge is 0.460 e. The van der Waals surface area contributed by atoms with Crippen molar-refractivity contribution in [3.8, 4) is 11.4 Å². The molecule has 206 valence electrons. The number of amides is 2. The highest BCUT2D eigenvalue weighted by Crippen LogP contribution is 2.13. The maximum Gasteiger partial charge on any atom is 0.408 e. The molecule has 2 atom stereocenters. The highest BCUT2D eigenvalue weighted by Gasteiger charge is 2.29. The molecular formula is C27H32N6O6. The van der Waals surface area contributed by atoms with Crippen LogP contribution in [-0.2, 0) is 37.0 Å². The molecule has 2 amide bonds. The van der Waals surface area contributed by atoms with Crippen LogP contribution in [0.25, 0.3) is 11.4 Å². The number of nitrogens with one attached hydrogen (secondary N) is 2. The predicted molar refractivity (Wildman–Crippen MR) is 140 cm³/mol. The van der Waals surface area contributed by atoms with E-state index in [-0.39, 0.29) is 13.2 Å². The first-order valence-electron chi connectivity index (χ1n) is 12.4. The molecule has 0 aliphatic rings. The van der Waals surface area contributed by atoms with Crippen LogP contribution in [0.5, 0.6) is 0 Å². The summed E-state index contributed by atoms with van der Waals surface area (Å²) in [4.78, 5) is 51.7. The Hall–Kier alpha value is -4.61. The maximum absolute atomic E-state index is 13.1. The fraction of sp³-hybridized carbons (Fsp3) is 0.370. The number of aromatic nitrogens is 4. The maximum atomic E-state index is 13.1. The lowest BCUT2D eigenvalue weighted by Gasteiger charge is -2.23. The normalized spacial score (nSPS) is 12.6. The Morgan fingerprint density at radius 2 is 1.59 bits per heavy atom. The molecule has 1 unspecified atom stereocenters. The summed E-state index contributed by atoms with van der Waals surface area (Å²) in [6, 6.07) is 15.8. The van der Waals surface area contributed by atoms with Crippen LogP contribution in [0.3, 0.4) is 0 Å². The Kier molecular flexibility index (Phi) is 9.85. The van der Waals surface area contributed by atoms with E-state index in [0.717, 1.165) is 10.4 Å². The first kappa shape index (κ1) is 29.0. The minimum absolute atomic E-state index is 0.0244. The monoisotopic (exact) mass is 536 g/mol. The van der Waals surface area contributed by atoms with Crippen LogP contribution >= 0.6 is 0 Å². The third-order valence-corrected chi connectivity index (χ3v) is 5.22. The van der Waals surface area contributed by atoms with Crippen molar-refractivity contribution >= 4 is 23.8 Å². The Morgan fingerprint density at radius 1 is 0.949 bits per heavy atom. The number of rotatable bonds is 11. The van der Waals surface area contributed by atoms with Crippen molar-refractivity contribution in [2.45, 2.75) is 65.0 Å². The van der Waals surface area contributed by atoms with Gasteiger partial charge >= 0.3 is 12.1 Å². The van der Waals surface area contributed by atoms with Gasteiger partial charge < -0.3 is 20.1 Å². The Balaban J connectivity index is 1.63. The lowest BCUT2D eigenvalue weighted by molar-refractivity contribution is -0.156. The van der Waals surface area contributed by atoms with E-state index in [2.05, 4.69) is 26.0 Å². The van der Waals surface area contributed by atoms with Gasteiger partial charge in [0.05, 0.1) is 6.42 Å². The highest BCUT2D eigenvalue weighted by molar-refractivity contribution is 5.94. The molecule has 0 aliphatic heterocycles. The van der Waals surface area contributed by atoms with Crippen LogP contribution < -0.4 is 10.6 Å². The topological polar surface area (TPSA) is 154 Å². The summed E-state index contributed by atoms with van der Waals surface area (Å²) in [5.41, 5.74) is 0.711. The lowest BCUT2D eigenvalue weighted by Crippen LogP contribution is -2.51. The summed E-state index contributed by atoms with van der Waals surface area (Å²) in [7, 11) is 0. The molecule has 2 N–H and O–H groups in total. The van der Waals surface area contributed by atoms with E-state index >= 15 is 0 Å². The van der Waals surface area contributed by atoms with E-state index in [1.165, 1.54) is 6.92 Å². The Morgan fingerprint density at radius 3 is 2.23 bits per heavy atom. The summed E-state index contributed by atoms with van der Waals surface area (Å²) in [6.07, 6.45) is -1.23. The fourth-order valence-electron chi connectivity index (χ4n) is 3.36. The standard InChI is InChI=1S/C27H32N6O6/c1-18(28-26(37)38-17-19-11-7-5-8-12-19)25(36)29-21(15-23(35)39-27(2,3)4)22(34)16-33-31-24(30-32-33)20-13-9-6-10-14-20/h5-14,18,21H,15-17H2,1-4H3,(H,28,37)(H,29,36)/t18-,21?/m0/s1. The van der Waals surface area contributed by atoms with Crippen LogP contribution in [0.4, 0.5) is 4.79 Å². The summed E-state index contributed by atoms with van der Waals surface area (Å²) in [6.45, 7) is 6.18. The smallest absolute Gasteiger partial charge is 0.408 e. The van der Waals surface area contributed by atoms with Gasteiger partial charge in [0.25, 0.3) is 0 Å². The van der Waals surface area contributed by atoms with Crippen LogP contribution in [0.15, 0.2) is 60.7 Å². The molecule has 3 rings (SSSR count). The minimum atomic E-state index is -1.26. The lowest BCUT2D eigenvalue weighted by atomic mass is 10.1. The third kappa shape index (κ3) is 9.65. The molecule has 0 aliphatic carbocycles. The van der Waals surface area contributed by atoms with Gasteiger partial charge in [-0.2, -0.15) is 4.80 Å². The second-order valence-electron chi connectivity index (χ2n) is 9.76. The van der Waals surface area contributed by atoms with Crippen LogP contribution in [0.1, 0.15) is 39.7 Å².